The average Bonchev–Trinajstić information content (AvgIpc) is 3.46. The van der Waals surface area contributed by atoms with Crippen LogP contribution >= 0.6 is 23.4 Å². The Bertz CT molecular complexity index is 1440. The molecule has 4 aromatic heterocycles. The van der Waals surface area contributed by atoms with Crippen molar-refractivity contribution in [2.24, 2.45) is 23.2 Å². The van der Waals surface area contributed by atoms with Crippen LogP contribution in [0.15, 0.2) is 39.6 Å². The summed E-state index contributed by atoms with van der Waals surface area (Å²) >= 11 is 7.59. The highest BCUT2D eigenvalue weighted by atomic mass is 35.5. The van der Waals surface area contributed by atoms with E-state index in [1.54, 1.807) is 23.1 Å². The summed E-state index contributed by atoms with van der Waals surface area (Å²) in [6.07, 6.45) is 6.66. The molecule has 0 aromatic carbocycles. The Hall–Kier alpha value is -3.42. The van der Waals surface area contributed by atoms with E-state index in [1.165, 1.54) is 11.8 Å². The zero-order chi connectivity index (χ0) is 25.4. The third-order valence-electron chi connectivity index (χ3n) is 6.38. The van der Waals surface area contributed by atoms with Gasteiger partial charge in [-0.1, -0.05) is 30.3 Å². The number of aromatic amines is 1. The van der Waals surface area contributed by atoms with Gasteiger partial charge in [0.1, 0.15) is 28.6 Å². The van der Waals surface area contributed by atoms with Gasteiger partial charge in [-0.2, -0.15) is 10.2 Å². The second-order valence-electron chi connectivity index (χ2n) is 8.91. The van der Waals surface area contributed by atoms with Gasteiger partial charge in [0.25, 0.3) is 0 Å². The molecular formula is C22H26ClN11OS. The van der Waals surface area contributed by atoms with E-state index in [2.05, 4.69) is 37.1 Å². The molecule has 0 aliphatic carbocycles. The number of aliphatic hydroxyl groups excluding tert-OH is 1. The number of hydrogen-bond donors (Lipinski definition) is 4. The minimum absolute atomic E-state index is 0.245. The normalized spacial score (nSPS) is 16.1. The highest BCUT2D eigenvalue weighted by molar-refractivity contribution is 7.99. The number of halogens is 1. The van der Waals surface area contributed by atoms with Crippen LogP contribution in [0.2, 0.25) is 5.02 Å². The summed E-state index contributed by atoms with van der Waals surface area (Å²) in [7, 11) is 1.84. The number of amidine groups is 1. The first-order chi connectivity index (χ1) is 17.3. The van der Waals surface area contributed by atoms with E-state index in [-0.39, 0.29) is 17.8 Å². The van der Waals surface area contributed by atoms with Crippen molar-refractivity contribution < 1.29 is 5.11 Å². The third-order valence-corrected chi connectivity index (χ3v) is 7.92. The van der Waals surface area contributed by atoms with Crippen LogP contribution in [0.4, 0.5) is 17.3 Å². The number of hydrogen-bond acceptors (Lipinski definition) is 10. The zero-order valence-corrected chi connectivity index (χ0v) is 21.4. The summed E-state index contributed by atoms with van der Waals surface area (Å²) in [5, 5.41) is 22.5. The maximum Gasteiger partial charge on any atom is 0.177 e. The van der Waals surface area contributed by atoms with Gasteiger partial charge in [0.2, 0.25) is 0 Å². The van der Waals surface area contributed by atoms with Crippen molar-refractivity contribution in [1.29, 1.82) is 0 Å². The summed E-state index contributed by atoms with van der Waals surface area (Å²) in [5.74, 6) is 1.46. The van der Waals surface area contributed by atoms with Gasteiger partial charge in [-0.3, -0.25) is 9.78 Å². The highest BCUT2D eigenvalue weighted by Gasteiger charge is 2.35. The van der Waals surface area contributed by atoms with Gasteiger partial charge in [-0.25, -0.2) is 19.9 Å². The maximum absolute atomic E-state index is 10.1. The molecule has 1 aliphatic heterocycles. The van der Waals surface area contributed by atoms with E-state index in [4.69, 9.17) is 33.0 Å². The van der Waals surface area contributed by atoms with Crippen molar-refractivity contribution in [1.82, 2.24) is 34.9 Å². The number of nitrogens with one attached hydrogen (secondary N) is 1. The van der Waals surface area contributed by atoms with E-state index in [0.717, 1.165) is 18.5 Å². The van der Waals surface area contributed by atoms with Crippen LogP contribution < -0.4 is 16.4 Å². The molecule has 0 radical (unpaired) electrons. The van der Waals surface area contributed by atoms with E-state index in [1.807, 2.05) is 13.2 Å². The molecule has 4 aromatic rings. The molecule has 36 heavy (non-hydrogen) atoms. The molecule has 5 heterocycles. The van der Waals surface area contributed by atoms with Gasteiger partial charge in [0.15, 0.2) is 16.5 Å². The van der Waals surface area contributed by atoms with Crippen LogP contribution in [0.25, 0.3) is 11.2 Å². The van der Waals surface area contributed by atoms with Gasteiger partial charge in [-0.05, 0) is 18.9 Å². The lowest BCUT2D eigenvalue weighted by Gasteiger charge is -2.39. The molecule has 1 saturated heterocycles. The molecule has 0 spiro atoms. The largest absolute Gasteiger partial charge is 0.390 e. The predicted molar refractivity (Wildman–Crippen MR) is 139 cm³/mol. The molecule has 5 rings (SSSR count). The number of piperidine rings is 1. The predicted octanol–water partition coefficient (Wildman–Crippen LogP) is 2.66. The van der Waals surface area contributed by atoms with Crippen LogP contribution in [-0.2, 0) is 13.7 Å². The monoisotopic (exact) mass is 527 g/mol. The van der Waals surface area contributed by atoms with Crippen molar-refractivity contribution in [3.8, 4) is 0 Å². The Kier molecular flexibility index (Phi) is 6.45. The minimum atomic E-state index is -0.257. The standard InChI is InChI=1S/C22H26ClN11OS/c1-22(21(25)28-12-9-27-33(2)10-12)4-7-34(8-5-22)19-13(11-35)29-16-18(30-19)31-32-20(16)36-14-3-6-26-17(24)15(14)23/h3,6,9-10,35H,4-5,7-8,11H2,1-2H3,(H2,24,26)(H2,25,28)(H,30,31,32). The van der Waals surface area contributed by atoms with Crippen LogP contribution in [0.5, 0.6) is 0 Å². The fourth-order valence-electron chi connectivity index (χ4n) is 4.11. The number of H-pyrrole nitrogens is 1. The van der Waals surface area contributed by atoms with E-state index in [0.29, 0.717) is 56.5 Å². The van der Waals surface area contributed by atoms with Gasteiger partial charge in [0, 0.05) is 36.6 Å². The van der Waals surface area contributed by atoms with Crippen molar-refractivity contribution in [2.75, 3.05) is 23.7 Å². The van der Waals surface area contributed by atoms with E-state index >= 15 is 0 Å². The second-order valence-corrected chi connectivity index (χ2v) is 10.3. The first-order valence-electron chi connectivity index (χ1n) is 11.3. The Morgan fingerprint density at radius 2 is 2.11 bits per heavy atom. The number of aromatic nitrogens is 7. The Morgan fingerprint density at radius 3 is 2.81 bits per heavy atom. The number of nitrogens with two attached hydrogens (primary N) is 2. The van der Waals surface area contributed by atoms with Crippen molar-refractivity contribution in [3.63, 3.8) is 0 Å². The van der Waals surface area contributed by atoms with Gasteiger partial charge in [0.05, 0.1) is 24.0 Å². The van der Waals surface area contributed by atoms with Crippen LogP contribution in [0.3, 0.4) is 0 Å². The van der Waals surface area contributed by atoms with E-state index in [9.17, 15) is 5.11 Å². The summed E-state index contributed by atoms with van der Waals surface area (Å²) in [4.78, 5) is 20.8. The molecular weight excluding hydrogens is 502 g/mol. The lowest BCUT2D eigenvalue weighted by molar-refractivity contribution is 0.276. The van der Waals surface area contributed by atoms with Crippen LogP contribution in [0, 0.1) is 5.41 Å². The highest BCUT2D eigenvalue weighted by Crippen LogP contribution is 2.38. The molecule has 14 heteroatoms. The molecule has 188 valence electrons. The number of aliphatic imine (C=N–C) groups is 1. The number of aryl methyl sites for hydroxylation is 1. The van der Waals surface area contributed by atoms with Gasteiger partial charge in [-0.15, -0.1) is 0 Å². The molecule has 1 aliphatic rings. The lowest BCUT2D eigenvalue weighted by Crippen LogP contribution is -2.46. The molecule has 0 bridgehead atoms. The van der Waals surface area contributed by atoms with Gasteiger partial charge < -0.3 is 21.5 Å². The van der Waals surface area contributed by atoms with Crippen LogP contribution in [0.1, 0.15) is 25.5 Å². The smallest absolute Gasteiger partial charge is 0.177 e. The van der Waals surface area contributed by atoms with Crippen molar-refractivity contribution in [2.45, 2.75) is 36.3 Å². The molecule has 1 fully saturated rings. The first kappa shape index (κ1) is 24.3. The number of nitrogen functional groups attached to an aromatic ring is 1. The quantitative estimate of drug-likeness (QED) is 0.215. The second kappa shape index (κ2) is 9.56. The topological polar surface area (TPSA) is 173 Å². The number of rotatable bonds is 6. The summed E-state index contributed by atoms with van der Waals surface area (Å²) in [6, 6.07) is 1.76. The lowest BCUT2D eigenvalue weighted by atomic mass is 9.79. The zero-order valence-electron chi connectivity index (χ0n) is 19.8. The number of anilines is 2. The Labute approximate surface area is 216 Å². The minimum Gasteiger partial charge on any atom is -0.390 e. The van der Waals surface area contributed by atoms with Crippen molar-refractivity contribution in [3.05, 3.63) is 35.4 Å². The molecule has 0 unspecified atom stereocenters. The Balaban J connectivity index is 1.37. The molecule has 12 nitrogen and oxygen atoms in total. The molecule has 6 N–H and O–H groups in total. The first-order valence-corrected chi connectivity index (χ1v) is 12.5. The van der Waals surface area contributed by atoms with Crippen LogP contribution in [-0.4, -0.2) is 59.0 Å². The molecule has 0 saturated carbocycles. The summed E-state index contributed by atoms with van der Waals surface area (Å²) in [6.45, 7) is 3.24. The fourth-order valence-corrected chi connectivity index (χ4v) is 5.20. The number of nitrogens with zero attached hydrogens (tertiary/aromatic N) is 8. The van der Waals surface area contributed by atoms with Gasteiger partial charge >= 0.3 is 0 Å². The average molecular weight is 528 g/mol. The SMILES string of the molecule is Cn1cc(N=C(N)C2(C)CCN(c3nc4[nH]nc(Sc5ccnc(N)c5Cl)c4nc3CO)CC2)cn1. The number of pyridine rings is 1. The molecule has 0 amide bonds. The maximum atomic E-state index is 10.1. The number of fused-ring (bicyclic) bond motifs is 1. The third kappa shape index (κ3) is 4.56. The fraction of sp³-hybridized carbons (Fsp3) is 0.364. The number of aliphatic hydroxyl groups is 1. The van der Waals surface area contributed by atoms with E-state index < -0.39 is 0 Å². The summed E-state index contributed by atoms with van der Waals surface area (Å²) < 4.78 is 1.70. The van der Waals surface area contributed by atoms with Crippen molar-refractivity contribution >= 4 is 57.7 Å². The summed E-state index contributed by atoms with van der Waals surface area (Å²) in [5.41, 5.74) is 14.3. The molecule has 0 atom stereocenters. The Morgan fingerprint density at radius 1 is 1.33 bits per heavy atom.